The van der Waals surface area contributed by atoms with E-state index in [1.165, 1.54) is 11.1 Å². The van der Waals surface area contributed by atoms with E-state index in [0.29, 0.717) is 42.7 Å². The molecule has 2 aliphatic carbocycles. The number of carbonyl (C=O) groups is 2. The molecule has 2 fully saturated rings. The van der Waals surface area contributed by atoms with Crippen LogP contribution in [0.25, 0.3) is 0 Å². The summed E-state index contributed by atoms with van der Waals surface area (Å²) in [5.74, 6) is 0.725. The van der Waals surface area contributed by atoms with Gasteiger partial charge in [-0.25, -0.2) is 9.00 Å². The Hall–Kier alpha value is -3.12. The standard InChI is InChI=1S/C38H49ClN4O6S/c1-24-7-5-9-33(47-3)30-13-10-28(30)19-42-22-38(16-6-8-26-17-29(39)12-14-31(26)38)23-49-34-15-11-27(18-32(34)42)36(44)40-50(46,21-24)41-37(45)43-20-35(48-4)25(43)2/h5,9,11-12,14-15,17-18,24-25,28,30,33,35H,6-8,10,13,16,19-23H2,1-4H3,(H,40,41,44,45,46)/b9-5-/t24-,25+,28-,30+,33-,35?,38-,50?/m0/s1. The van der Waals surface area contributed by atoms with Gasteiger partial charge in [0, 0.05) is 43.3 Å². The number of rotatable bonds is 3. The second-order valence-electron chi connectivity index (χ2n) is 15.0. The highest BCUT2D eigenvalue weighted by Crippen LogP contribution is 2.47. The van der Waals surface area contributed by atoms with Crippen molar-refractivity contribution >= 4 is 39.1 Å². The highest BCUT2D eigenvalue weighted by atomic mass is 35.5. The average molecular weight is 725 g/mol. The minimum atomic E-state index is -3.49. The first-order chi connectivity index (χ1) is 24.0. The Kier molecular flexibility index (Phi) is 9.97. The summed E-state index contributed by atoms with van der Waals surface area (Å²) in [6.45, 7) is 6.24. The van der Waals surface area contributed by atoms with Crippen LogP contribution >= 0.6 is 11.6 Å². The molecule has 2 unspecified atom stereocenters. The fraction of sp³-hybridized carbons (Fsp3) is 0.579. The molecule has 8 atom stereocenters. The zero-order chi connectivity index (χ0) is 35.2. The van der Waals surface area contributed by atoms with Crippen molar-refractivity contribution in [1.29, 1.82) is 0 Å². The number of anilines is 1. The Labute approximate surface area is 301 Å². The first-order valence-electron chi connectivity index (χ1n) is 17.9. The fourth-order valence-electron chi connectivity index (χ4n) is 8.68. The summed E-state index contributed by atoms with van der Waals surface area (Å²) in [6, 6.07) is 10.9. The van der Waals surface area contributed by atoms with Gasteiger partial charge in [-0.05, 0) is 105 Å². The summed E-state index contributed by atoms with van der Waals surface area (Å²) in [5.41, 5.74) is 3.43. The summed E-state index contributed by atoms with van der Waals surface area (Å²) < 4.78 is 39.6. The Balaban J connectivity index is 1.28. The van der Waals surface area contributed by atoms with Crippen molar-refractivity contribution in [1.82, 2.24) is 9.62 Å². The fourth-order valence-corrected chi connectivity index (χ4v) is 10.7. The number of hydrogen-bond donors (Lipinski definition) is 1. The number of allylic oxidation sites excluding steroid dienone is 1. The van der Waals surface area contributed by atoms with Crippen LogP contribution in [0, 0.1) is 17.8 Å². The molecule has 2 bridgehead atoms. The zero-order valence-corrected chi connectivity index (χ0v) is 31.0. The lowest BCUT2D eigenvalue weighted by molar-refractivity contribution is -0.0508. The molecule has 0 radical (unpaired) electrons. The number of amides is 3. The van der Waals surface area contributed by atoms with E-state index >= 15 is 0 Å². The van der Waals surface area contributed by atoms with E-state index in [1.807, 2.05) is 32.0 Å². The number of benzene rings is 2. The van der Waals surface area contributed by atoms with Gasteiger partial charge in [-0.3, -0.25) is 9.52 Å². The third kappa shape index (κ3) is 6.78. The van der Waals surface area contributed by atoms with E-state index < -0.39 is 21.9 Å². The second kappa shape index (κ2) is 14.1. The lowest BCUT2D eigenvalue weighted by Crippen LogP contribution is -2.64. The van der Waals surface area contributed by atoms with Gasteiger partial charge in [0.05, 0.1) is 42.8 Å². The van der Waals surface area contributed by atoms with Gasteiger partial charge in [0.1, 0.15) is 15.7 Å². The first kappa shape index (κ1) is 35.3. The molecular formula is C38H49ClN4O6S. The second-order valence-corrected chi connectivity index (χ2v) is 17.5. The molecule has 1 spiro atoms. The number of fused-ring (bicyclic) bond motifs is 4. The van der Waals surface area contributed by atoms with Crippen LogP contribution in [0.3, 0.4) is 0 Å². The number of hydrogen-bond acceptors (Lipinski definition) is 7. The highest BCUT2D eigenvalue weighted by Gasteiger charge is 2.45. The molecule has 0 aromatic heterocycles. The molecule has 3 heterocycles. The van der Waals surface area contributed by atoms with Crippen LogP contribution in [0.2, 0.25) is 5.02 Å². The third-order valence-corrected chi connectivity index (χ3v) is 13.9. The van der Waals surface area contributed by atoms with E-state index in [9.17, 15) is 13.8 Å². The van der Waals surface area contributed by atoms with Crippen molar-refractivity contribution in [2.24, 2.45) is 22.1 Å². The molecule has 1 N–H and O–H groups in total. The van der Waals surface area contributed by atoms with Crippen molar-refractivity contribution in [3.63, 3.8) is 0 Å². The van der Waals surface area contributed by atoms with E-state index in [1.54, 1.807) is 25.2 Å². The molecular weight excluding hydrogens is 676 g/mol. The van der Waals surface area contributed by atoms with Crippen molar-refractivity contribution in [3.8, 4) is 5.75 Å². The van der Waals surface area contributed by atoms with Crippen LogP contribution < -0.4 is 14.4 Å². The molecule has 10 nitrogen and oxygen atoms in total. The monoisotopic (exact) mass is 724 g/mol. The number of halogens is 1. The topological polar surface area (TPSA) is 110 Å². The number of urea groups is 1. The van der Waals surface area contributed by atoms with Gasteiger partial charge < -0.3 is 24.0 Å². The number of ether oxygens (including phenoxy) is 3. The Bertz CT molecular complexity index is 1790. The van der Waals surface area contributed by atoms with Crippen LogP contribution in [0.15, 0.2) is 52.9 Å². The Morgan fingerprint density at radius 2 is 1.96 bits per heavy atom. The van der Waals surface area contributed by atoms with Crippen LogP contribution in [-0.2, 0) is 31.2 Å². The van der Waals surface area contributed by atoms with Crippen LogP contribution in [0.1, 0.15) is 67.4 Å². The predicted octanol–water partition coefficient (Wildman–Crippen LogP) is 6.40. The number of carbonyl (C=O) groups excluding carboxylic acids is 2. The third-order valence-electron chi connectivity index (χ3n) is 11.7. The molecule has 5 aliphatic rings. The van der Waals surface area contributed by atoms with Gasteiger partial charge in [0.25, 0.3) is 5.91 Å². The molecule has 2 aromatic rings. The number of nitrogens with one attached hydrogen (secondary N) is 1. The largest absolute Gasteiger partial charge is 0.490 e. The van der Waals surface area contributed by atoms with Gasteiger partial charge in [-0.15, -0.1) is 4.36 Å². The molecule has 7 rings (SSSR count). The van der Waals surface area contributed by atoms with Gasteiger partial charge >= 0.3 is 6.03 Å². The molecule has 3 amide bonds. The quantitative estimate of drug-likeness (QED) is 0.365. The first-order valence-corrected chi connectivity index (χ1v) is 20.0. The number of nitrogens with zero attached hydrogens (tertiary/aromatic N) is 3. The molecule has 1 saturated carbocycles. The van der Waals surface area contributed by atoms with E-state index in [2.05, 4.69) is 38.3 Å². The van der Waals surface area contributed by atoms with Crippen molar-refractivity contribution in [3.05, 3.63) is 70.3 Å². The molecule has 12 heteroatoms. The van der Waals surface area contributed by atoms with Crippen molar-refractivity contribution < 1.29 is 28.0 Å². The maximum Gasteiger partial charge on any atom is 0.330 e. The number of methoxy groups -OCH3 is 2. The van der Waals surface area contributed by atoms with Gasteiger partial charge in [0.2, 0.25) is 0 Å². The van der Waals surface area contributed by atoms with Crippen molar-refractivity contribution in [2.75, 3.05) is 51.1 Å². The van der Waals surface area contributed by atoms with Gasteiger partial charge in [-0.2, -0.15) is 0 Å². The Morgan fingerprint density at radius 1 is 1.12 bits per heavy atom. The summed E-state index contributed by atoms with van der Waals surface area (Å²) in [7, 11) is -0.112. The predicted molar refractivity (Wildman–Crippen MR) is 195 cm³/mol. The van der Waals surface area contributed by atoms with Gasteiger partial charge in [-0.1, -0.05) is 36.7 Å². The van der Waals surface area contributed by atoms with Crippen molar-refractivity contribution in [2.45, 2.75) is 76.0 Å². The maximum atomic E-state index is 14.5. The minimum Gasteiger partial charge on any atom is -0.490 e. The molecule has 50 heavy (non-hydrogen) atoms. The highest BCUT2D eigenvalue weighted by molar-refractivity contribution is 7.92. The normalized spacial score (nSPS) is 34.5. The summed E-state index contributed by atoms with van der Waals surface area (Å²) in [4.78, 5) is 31.3. The van der Waals surface area contributed by atoms with Crippen LogP contribution in [0.5, 0.6) is 5.75 Å². The molecule has 3 aliphatic heterocycles. The average Bonchev–Trinajstić information content (AvgIpc) is 3.21. The van der Waals surface area contributed by atoms with E-state index in [-0.39, 0.29) is 35.3 Å². The van der Waals surface area contributed by atoms with Gasteiger partial charge in [0.15, 0.2) is 0 Å². The molecule has 270 valence electrons. The summed E-state index contributed by atoms with van der Waals surface area (Å²) in [6.07, 6.45) is 9.84. The lowest BCUT2D eigenvalue weighted by atomic mass is 9.68. The minimum absolute atomic E-state index is 0.0283. The lowest BCUT2D eigenvalue weighted by Gasteiger charge is -2.46. The number of aryl methyl sites for hydroxylation is 1. The van der Waals surface area contributed by atoms with Crippen LogP contribution in [0.4, 0.5) is 10.5 Å². The van der Waals surface area contributed by atoms with E-state index in [0.717, 1.165) is 55.9 Å². The maximum absolute atomic E-state index is 14.5. The summed E-state index contributed by atoms with van der Waals surface area (Å²) >= 11 is 6.45. The van der Waals surface area contributed by atoms with Crippen LogP contribution in [-0.4, -0.2) is 85.5 Å². The Morgan fingerprint density at radius 3 is 2.70 bits per heavy atom. The smallest absolute Gasteiger partial charge is 0.330 e. The zero-order valence-electron chi connectivity index (χ0n) is 29.4. The molecule has 1 saturated heterocycles. The molecule has 2 aromatic carbocycles. The van der Waals surface area contributed by atoms with E-state index in [4.69, 9.17) is 25.8 Å². The SMILES string of the molecule is COC1CN(C(=O)NS2(=O)=NC(=O)c3ccc4c(c3)N(C[C@@H]3CC[C@H]3[C@@H](OC)/C=C\C[C@H](C)C2)C[C@@]2(CCCc3cc(Cl)ccc32)CO4)[C@@H]1C. The summed E-state index contributed by atoms with van der Waals surface area (Å²) in [5, 5.41) is 0.743. The number of likely N-dealkylation sites (tertiary alicyclic amines) is 1.